The van der Waals surface area contributed by atoms with E-state index in [-0.39, 0.29) is 45.4 Å². The Bertz CT molecular complexity index is 2090. The molecular formula is C38H27BIrN2O2-2. The molecule has 215 valence electrons. The van der Waals surface area contributed by atoms with Crippen LogP contribution in [0.25, 0.3) is 22.5 Å². The molecule has 4 heterocycles. The fourth-order valence-electron chi connectivity index (χ4n) is 5.84. The molecule has 0 bridgehead atoms. The first kappa shape index (κ1) is 23.9. The van der Waals surface area contributed by atoms with Crippen LogP contribution in [0.1, 0.15) is 29.6 Å². The van der Waals surface area contributed by atoms with Crippen molar-refractivity contribution in [2.75, 3.05) is 0 Å². The monoisotopic (exact) mass is 751 g/mol. The van der Waals surface area contributed by atoms with E-state index in [4.69, 9.17) is 15.0 Å². The number of pyridine rings is 2. The summed E-state index contributed by atoms with van der Waals surface area (Å²) in [4.78, 5) is 8.89. The fraction of sp³-hybridized carbons (Fsp3) is 0.105. The fourth-order valence-corrected chi connectivity index (χ4v) is 5.84. The summed E-state index contributed by atoms with van der Waals surface area (Å²) in [5, 5.41) is 0. The molecule has 1 radical (unpaired) electrons. The third-order valence-electron chi connectivity index (χ3n) is 7.80. The average Bonchev–Trinajstić information content (AvgIpc) is 3.11. The first-order chi connectivity index (χ1) is 22.8. The van der Waals surface area contributed by atoms with Gasteiger partial charge in [0, 0.05) is 49.0 Å². The molecule has 0 N–H and O–H groups in total. The van der Waals surface area contributed by atoms with Crippen LogP contribution in [-0.4, -0.2) is 16.7 Å². The molecule has 4 aromatic carbocycles. The molecule has 0 amide bonds. The van der Waals surface area contributed by atoms with Gasteiger partial charge in [0.25, 0.3) is 0 Å². The van der Waals surface area contributed by atoms with Crippen LogP contribution in [-0.2, 0) is 32.9 Å². The van der Waals surface area contributed by atoms with Gasteiger partial charge in [0.1, 0.15) is 11.5 Å². The van der Waals surface area contributed by atoms with Crippen molar-refractivity contribution in [3.05, 3.63) is 139 Å². The van der Waals surface area contributed by atoms with E-state index < -0.39 is 12.7 Å². The average molecular weight is 751 g/mol. The van der Waals surface area contributed by atoms with Gasteiger partial charge >= 0.3 is 0 Å². The minimum atomic E-state index is -1.71. The minimum Gasteiger partial charge on any atom is -0.503 e. The van der Waals surface area contributed by atoms with Crippen LogP contribution in [0.15, 0.2) is 115 Å². The Labute approximate surface area is 277 Å². The first-order valence-electron chi connectivity index (χ1n) is 16.3. The van der Waals surface area contributed by atoms with E-state index in [1.807, 2.05) is 78.9 Å². The van der Waals surface area contributed by atoms with Gasteiger partial charge in [-0.3, -0.25) is 0 Å². The molecule has 2 aromatic heterocycles. The van der Waals surface area contributed by atoms with Crippen LogP contribution in [0.5, 0.6) is 23.0 Å². The predicted molar refractivity (Wildman–Crippen MR) is 171 cm³/mol. The van der Waals surface area contributed by atoms with Crippen molar-refractivity contribution >= 4 is 23.1 Å². The molecule has 0 saturated carbocycles. The summed E-state index contributed by atoms with van der Waals surface area (Å²) >= 11 is 0. The Morgan fingerprint density at radius 2 is 1.45 bits per heavy atom. The second-order valence-electron chi connectivity index (χ2n) is 10.4. The van der Waals surface area contributed by atoms with E-state index >= 15 is 0 Å². The zero-order valence-corrected chi connectivity index (χ0v) is 25.9. The molecule has 0 fully saturated rings. The van der Waals surface area contributed by atoms with Crippen molar-refractivity contribution in [3.63, 3.8) is 0 Å². The van der Waals surface area contributed by atoms with Gasteiger partial charge in [-0.1, -0.05) is 71.7 Å². The normalized spacial score (nSPS) is 16.9. The quantitative estimate of drug-likeness (QED) is 0.146. The van der Waals surface area contributed by atoms with Crippen molar-refractivity contribution in [2.45, 2.75) is 25.6 Å². The van der Waals surface area contributed by atoms with E-state index in [1.54, 1.807) is 24.4 Å². The maximum Gasteiger partial charge on any atom is 0.239 e. The molecule has 1 aliphatic carbocycles. The molecule has 44 heavy (non-hydrogen) atoms. The number of rotatable bonds is 2. The summed E-state index contributed by atoms with van der Waals surface area (Å²) in [7, 11) is 0. The summed E-state index contributed by atoms with van der Waals surface area (Å²) in [6, 6.07) is 41.2. The van der Waals surface area contributed by atoms with Gasteiger partial charge in [-0.15, -0.1) is 48.0 Å². The third kappa shape index (κ3) is 5.15. The number of aryl methyl sites for hydroxylation is 2. The van der Waals surface area contributed by atoms with Gasteiger partial charge < -0.3 is 19.4 Å². The molecule has 4 nitrogen and oxygen atoms in total. The molecular weight excluding hydrogens is 719 g/mol. The Hall–Kier alpha value is -4.51. The number of hydrogen-bond acceptors (Lipinski definition) is 4. The summed E-state index contributed by atoms with van der Waals surface area (Å²) < 4.78 is 46.4. The summed E-state index contributed by atoms with van der Waals surface area (Å²) in [6.45, 7) is -0.0820. The molecule has 3 aliphatic rings. The van der Waals surface area contributed by atoms with E-state index in [1.165, 1.54) is 0 Å². The number of nitrogens with zero attached hydrogens (tertiary/aromatic N) is 2. The van der Waals surface area contributed by atoms with Crippen molar-refractivity contribution in [1.29, 1.82) is 0 Å². The number of para-hydroxylation sites is 2. The maximum absolute atomic E-state index is 8.49. The summed E-state index contributed by atoms with van der Waals surface area (Å²) in [5.74, 6) is 2.81. The molecule has 9 rings (SSSR count). The number of ether oxygens (including phenoxy) is 2. The van der Waals surface area contributed by atoms with Crippen LogP contribution in [0.3, 0.4) is 0 Å². The Morgan fingerprint density at radius 1 is 0.705 bits per heavy atom. The molecule has 0 saturated heterocycles. The zero-order valence-electron chi connectivity index (χ0n) is 27.5. The van der Waals surface area contributed by atoms with Crippen molar-refractivity contribution < 1.29 is 35.1 Å². The van der Waals surface area contributed by atoms with E-state index in [2.05, 4.69) is 34.2 Å². The Kier molecular flexibility index (Phi) is 6.65. The van der Waals surface area contributed by atoms with Crippen LogP contribution in [0, 0.1) is 12.1 Å². The van der Waals surface area contributed by atoms with E-state index in [9.17, 15) is 0 Å². The Balaban J connectivity index is 0.000000237. The largest absolute Gasteiger partial charge is 0.503 e. The van der Waals surface area contributed by atoms with Gasteiger partial charge in [0.2, 0.25) is 6.71 Å². The first-order valence-corrected chi connectivity index (χ1v) is 14.3. The smallest absolute Gasteiger partial charge is 0.239 e. The van der Waals surface area contributed by atoms with Gasteiger partial charge in [0.15, 0.2) is 0 Å². The van der Waals surface area contributed by atoms with Crippen LogP contribution in [0.2, 0.25) is 0 Å². The predicted octanol–water partition coefficient (Wildman–Crippen LogP) is 6.70. The Morgan fingerprint density at radius 3 is 2.23 bits per heavy atom. The summed E-state index contributed by atoms with van der Waals surface area (Å²) in [5.41, 5.74) is 6.58. The van der Waals surface area contributed by atoms with Gasteiger partial charge in [-0.25, -0.2) is 0 Å². The van der Waals surface area contributed by atoms with Crippen molar-refractivity contribution in [1.82, 2.24) is 9.97 Å². The van der Waals surface area contributed by atoms with Crippen molar-refractivity contribution in [3.8, 4) is 45.5 Å². The van der Waals surface area contributed by atoms with Crippen LogP contribution < -0.4 is 25.9 Å². The van der Waals surface area contributed by atoms with Crippen LogP contribution in [0.4, 0.5) is 0 Å². The van der Waals surface area contributed by atoms with Gasteiger partial charge in [-0.2, -0.15) is 0 Å². The molecule has 0 spiro atoms. The SMILES string of the molecule is [2H]C1([2H])CCC([2H])([2H])c2nc(-c3[c-]cc4c5c3Oc3ccccc3B5c3ccccc3O4)ccc21.[Ir].[c-]1ccccc1-c1ccccn1. The number of benzene rings is 4. The second kappa shape index (κ2) is 12.2. The van der Waals surface area contributed by atoms with Crippen molar-refractivity contribution in [2.24, 2.45) is 0 Å². The number of fused-ring (bicyclic) bond motifs is 5. The number of aromatic nitrogens is 2. The standard InChI is InChI=1S/C27H19BNO2.C11H8N.Ir/c1-4-10-21-17(7-1)13-15-22(29-21)18-14-16-25-26-27(18)31-24-12-6-3-9-20(24)28(26)19-8-2-5-11-23(19)30-25;1-2-6-10(7-3-1)11-8-4-5-9-12-11;/h2-3,5-6,8-9,11-13,15-16H,1,4,7,10H2;1-6,8-9H;/q2*-1;/i7D2,10D2;;. The summed E-state index contributed by atoms with van der Waals surface area (Å²) in [6.07, 6.45) is -1.32. The molecule has 0 unspecified atom stereocenters. The molecule has 6 heteroatoms. The third-order valence-corrected chi connectivity index (χ3v) is 7.80. The molecule has 2 aliphatic heterocycles. The number of hydrogen-bond donors (Lipinski definition) is 0. The topological polar surface area (TPSA) is 44.2 Å². The maximum atomic E-state index is 8.49. The second-order valence-corrected chi connectivity index (χ2v) is 10.4. The van der Waals surface area contributed by atoms with E-state index in [0.29, 0.717) is 28.3 Å². The van der Waals surface area contributed by atoms with Gasteiger partial charge in [-0.05, 0) is 71.7 Å². The van der Waals surface area contributed by atoms with Crippen LogP contribution >= 0.6 is 0 Å². The molecule has 6 aromatic rings. The zero-order chi connectivity index (χ0) is 32.2. The molecule has 0 atom stereocenters. The van der Waals surface area contributed by atoms with Gasteiger partial charge in [0.05, 0.1) is 0 Å². The van der Waals surface area contributed by atoms with E-state index in [0.717, 1.165) is 39.1 Å². The minimum absolute atomic E-state index is 0.